The van der Waals surface area contributed by atoms with Crippen LogP contribution < -0.4 is 9.04 Å². The van der Waals surface area contributed by atoms with Crippen molar-refractivity contribution in [2.24, 2.45) is 0 Å². The maximum Gasteiger partial charge on any atom is 0.264 e. The summed E-state index contributed by atoms with van der Waals surface area (Å²) in [5.74, 6) is 0.626. The van der Waals surface area contributed by atoms with Crippen LogP contribution >= 0.6 is 15.9 Å². The minimum atomic E-state index is -3.60. The molecule has 0 aliphatic rings. The van der Waals surface area contributed by atoms with Gasteiger partial charge in [-0.2, -0.15) is 0 Å². The summed E-state index contributed by atoms with van der Waals surface area (Å²) in [6.45, 7) is 4.11. The molecule has 118 valence electrons. The van der Waals surface area contributed by atoms with Gasteiger partial charge in [0, 0.05) is 11.0 Å². The van der Waals surface area contributed by atoms with E-state index in [-0.39, 0.29) is 4.90 Å². The second kappa shape index (κ2) is 6.71. The number of halogens is 1. The molecule has 0 amide bonds. The number of nitrogens with zero attached hydrogens (tertiary/aromatic N) is 1. The normalized spacial score (nSPS) is 11.3. The van der Waals surface area contributed by atoms with Gasteiger partial charge >= 0.3 is 0 Å². The second-order valence-electron chi connectivity index (χ2n) is 4.78. The molecule has 4 nitrogen and oxygen atoms in total. The van der Waals surface area contributed by atoms with Crippen molar-refractivity contribution in [3.8, 4) is 5.75 Å². The molecule has 0 unspecified atom stereocenters. The average molecular weight is 384 g/mol. The lowest BCUT2D eigenvalue weighted by Gasteiger charge is -2.23. The zero-order valence-corrected chi connectivity index (χ0v) is 15.1. The first-order chi connectivity index (χ1) is 10.4. The molecule has 0 aliphatic carbocycles. The molecule has 0 saturated carbocycles. The number of ether oxygens (including phenoxy) is 1. The van der Waals surface area contributed by atoms with Crippen molar-refractivity contribution in [1.29, 1.82) is 0 Å². The van der Waals surface area contributed by atoms with E-state index in [1.807, 2.05) is 26.0 Å². The summed E-state index contributed by atoms with van der Waals surface area (Å²) in [5, 5.41) is 0. The first-order valence-corrected chi connectivity index (χ1v) is 9.06. The molecule has 0 aliphatic heterocycles. The molecule has 0 spiro atoms. The largest absolute Gasteiger partial charge is 0.497 e. The van der Waals surface area contributed by atoms with Gasteiger partial charge in [0.15, 0.2) is 0 Å². The third-order valence-electron chi connectivity index (χ3n) is 3.36. The Kier molecular flexibility index (Phi) is 5.13. The summed E-state index contributed by atoms with van der Waals surface area (Å²) < 4.78 is 33.1. The van der Waals surface area contributed by atoms with Gasteiger partial charge in [-0.25, -0.2) is 8.42 Å². The van der Waals surface area contributed by atoms with Crippen molar-refractivity contribution in [3.63, 3.8) is 0 Å². The number of rotatable bonds is 5. The van der Waals surface area contributed by atoms with Crippen LogP contribution in [0, 0.1) is 6.92 Å². The summed E-state index contributed by atoms with van der Waals surface area (Å²) in [4.78, 5) is 0.246. The lowest BCUT2D eigenvalue weighted by atomic mass is 10.2. The van der Waals surface area contributed by atoms with Crippen LogP contribution in [0.5, 0.6) is 5.75 Å². The van der Waals surface area contributed by atoms with E-state index in [4.69, 9.17) is 4.74 Å². The van der Waals surface area contributed by atoms with Crippen LogP contribution in [0.1, 0.15) is 12.5 Å². The van der Waals surface area contributed by atoms with Crippen LogP contribution in [0.15, 0.2) is 51.8 Å². The van der Waals surface area contributed by atoms with E-state index in [2.05, 4.69) is 15.9 Å². The highest BCUT2D eigenvalue weighted by molar-refractivity contribution is 9.10. The Hall–Kier alpha value is -1.53. The van der Waals surface area contributed by atoms with Crippen LogP contribution in [-0.4, -0.2) is 22.1 Å². The van der Waals surface area contributed by atoms with E-state index < -0.39 is 10.0 Å². The van der Waals surface area contributed by atoms with Gasteiger partial charge < -0.3 is 4.74 Å². The van der Waals surface area contributed by atoms with Gasteiger partial charge in [-0.05, 0) is 61.9 Å². The molecule has 0 N–H and O–H groups in total. The first kappa shape index (κ1) is 16.8. The Morgan fingerprint density at radius 1 is 1.14 bits per heavy atom. The van der Waals surface area contributed by atoms with Crippen molar-refractivity contribution in [2.45, 2.75) is 18.7 Å². The highest BCUT2D eigenvalue weighted by Crippen LogP contribution is 2.28. The summed E-state index contributed by atoms with van der Waals surface area (Å²) in [6.07, 6.45) is 0. The Balaban J connectivity index is 2.45. The fraction of sp³-hybridized carbons (Fsp3) is 0.250. The molecule has 22 heavy (non-hydrogen) atoms. The van der Waals surface area contributed by atoms with E-state index in [0.717, 1.165) is 10.0 Å². The Morgan fingerprint density at radius 2 is 1.77 bits per heavy atom. The van der Waals surface area contributed by atoms with Crippen molar-refractivity contribution in [3.05, 3.63) is 52.5 Å². The van der Waals surface area contributed by atoms with E-state index in [1.54, 1.807) is 37.4 Å². The third-order valence-corrected chi connectivity index (χ3v) is 6.17. The van der Waals surface area contributed by atoms with E-state index >= 15 is 0 Å². The van der Waals surface area contributed by atoms with E-state index in [9.17, 15) is 8.42 Å². The molecular weight excluding hydrogens is 366 g/mol. The molecule has 0 atom stereocenters. The SMILES string of the molecule is CCN(c1ccc(Br)c(C)c1)S(=O)(=O)c1ccc(OC)cc1. The van der Waals surface area contributed by atoms with E-state index in [1.165, 1.54) is 4.31 Å². The molecule has 2 aromatic carbocycles. The maximum absolute atomic E-state index is 12.8. The molecule has 0 saturated heterocycles. The molecule has 2 aromatic rings. The van der Waals surface area contributed by atoms with Crippen LogP contribution in [0.25, 0.3) is 0 Å². The zero-order valence-electron chi connectivity index (χ0n) is 12.7. The Labute approximate surface area is 139 Å². The summed E-state index contributed by atoms with van der Waals surface area (Å²) in [7, 11) is -2.05. The van der Waals surface area contributed by atoms with Gasteiger partial charge in [0.05, 0.1) is 17.7 Å². The predicted molar refractivity (Wildman–Crippen MR) is 92.1 cm³/mol. The van der Waals surface area contributed by atoms with Crippen molar-refractivity contribution < 1.29 is 13.2 Å². The highest BCUT2D eigenvalue weighted by Gasteiger charge is 2.23. The molecule has 6 heteroatoms. The number of methoxy groups -OCH3 is 1. The minimum absolute atomic E-state index is 0.246. The number of anilines is 1. The van der Waals surface area contributed by atoms with Crippen LogP contribution in [-0.2, 0) is 10.0 Å². The van der Waals surface area contributed by atoms with Gasteiger partial charge in [-0.15, -0.1) is 0 Å². The van der Waals surface area contributed by atoms with E-state index in [0.29, 0.717) is 18.0 Å². The number of hydrogen-bond donors (Lipinski definition) is 0. The number of hydrogen-bond acceptors (Lipinski definition) is 3. The van der Waals surface area contributed by atoms with Gasteiger partial charge in [-0.1, -0.05) is 15.9 Å². The molecule has 0 heterocycles. The number of benzene rings is 2. The molecule has 0 radical (unpaired) electrons. The first-order valence-electron chi connectivity index (χ1n) is 6.83. The lowest BCUT2D eigenvalue weighted by Crippen LogP contribution is -2.30. The molecular formula is C16H18BrNO3S. The van der Waals surface area contributed by atoms with Gasteiger partial charge in [-0.3, -0.25) is 4.31 Å². The van der Waals surface area contributed by atoms with Crippen molar-refractivity contribution >= 4 is 31.6 Å². The second-order valence-corrected chi connectivity index (χ2v) is 7.50. The molecule has 2 rings (SSSR count). The standard InChI is InChI=1S/C16H18BrNO3S/c1-4-18(13-5-10-16(17)12(2)11-13)22(19,20)15-8-6-14(21-3)7-9-15/h5-11H,4H2,1-3H3. The quantitative estimate of drug-likeness (QED) is 0.784. The Bertz CT molecular complexity index is 757. The average Bonchev–Trinajstić information content (AvgIpc) is 2.51. The zero-order chi connectivity index (χ0) is 16.3. The molecule has 0 bridgehead atoms. The third kappa shape index (κ3) is 3.28. The fourth-order valence-corrected chi connectivity index (χ4v) is 3.86. The van der Waals surface area contributed by atoms with Crippen LogP contribution in [0.2, 0.25) is 0 Å². The molecule has 0 aromatic heterocycles. The van der Waals surface area contributed by atoms with Gasteiger partial charge in [0.2, 0.25) is 0 Å². The number of aryl methyl sites for hydroxylation is 1. The topological polar surface area (TPSA) is 46.6 Å². The van der Waals surface area contributed by atoms with Crippen molar-refractivity contribution in [2.75, 3.05) is 18.0 Å². The summed E-state index contributed by atoms with van der Waals surface area (Å²) in [6, 6.07) is 11.9. The highest BCUT2D eigenvalue weighted by atomic mass is 79.9. The lowest BCUT2D eigenvalue weighted by molar-refractivity contribution is 0.414. The summed E-state index contributed by atoms with van der Waals surface area (Å²) in [5.41, 5.74) is 1.64. The van der Waals surface area contributed by atoms with Gasteiger partial charge in [0.1, 0.15) is 5.75 Å². The Morgan fingerprint density at radius 3 is 2.27 bits per heavy atom. The fourth-order valence-electron chi connectivity index (χ4n) is 2.15. The summed E-state index contributed by atoms with van der Waals surface area (Å²) >= 11 is 3.43. The minimum Gasteiger partial charge on any atom is -0.497 e. The van der Waals surface area contributed by atoms with Gasteiger partial charge in [0.25, 0.3) is 10.0 Å². The number of sulfonamides is 1. The van der Waals surface area contributed by atoms with Crippen LogP contribution in [0.4, 0.5) is 5.69 Å². The van der Waals surface area contributed by atoms with Crippen LogP contribution in [0.3, 0.4) is 0 Å². The monoisotopic (exact) mass is 383 g/mol. The smallest absolute Gasteiger partial charge is 0.264 e. The van der Waals surface area contributed by atoms with Crippen molar-refractivity contribution in [1.82, 2.24) is 0 Å². The predicted octanol–water partition coefficient (Wildman–Crippen LogP) is 3.98. The maximum atomic E-state index is 12.8. The molecule has 0 fully saturated rings.